The van der Waals surface area contributed by atoms with Crippen LogP contribution in [-0.2, 0) is 0 Å². The molecule has 0 saturated heterocycles. The topological polar surface area (TPSA) is 58.6 Å². The third kappa shape index (κ3) is 3.34. The molecule has 2 rings (SSSR count). The number of halogens is 2. The molecule has 2 aromatic rings. The Morgan fingerprint density at radius 1 is 1.30 bits per heavy atom. The Labute approximate surface area is 134 Å². The molecule has 0 aliphatic heterocycles. The molecular formula is C14H11ClINO3. The quantitative estimate of drug-likeness (QED) is 0.764. The number of carbonyl (C=O) groups excluding carboxylic acids is 1. The molecule has 104 valence electrons. The minimum atomic E-state index is -0.350. The zero-order chi connectivity index (χ0) is 14.7. The molecule has 2 N–H and O–H groups in total. The minimum Gasteiger partial charge on any atom is -0.507 e. The third-order valence-corrected chi connectivity index (χ3v) is 3.77. The number of hydrogen-bond acceptors (Lipinski definition) is 3. The van der Waals surface area contributed by atoms with Gasteiger partial charge in [-0.3, -0.25) is 4.79 Å². The lowest BCUT2D eigenvalue weighted by Gasteiger charge is -2.11. The van der Waals surface area contributed by atoms with Crippen LogP contribution < -0.4 is 10.1 Å². The van der Waals surface area contributed by atoms with Gasteiger partial charge in [0.25, 0.3) is 5.91 Å². The van der Waals surface area contributed by atoms with Crippen molar-refractivity contribution in [3.05, 3.63) is 50.6 Å². The van der Waals surface area contributed by atoms with Crippen LogP contribution in [-0.4, -0.2) is 18.1 Å². The largest absolute Gasteiger partial charge is 0.507 e. The minimum absolute atomic E-state index is 0.0660. The van der Waals surface area contributed by atoms with Crippen molar-refractivity contribution < 1.29 is 14.6 Å². The molecule has 1 amide bonds. The van der Waals surface area contributed by atoms with E-state index in [0.717, 1.165) is 0 Å². The maximum atomic E-state index is 12.1. The highest BCUT2D eigenvalue weighted by Crippen LogP contribution is 2.28. The zero-order valence-electron chi connectivity index (χ0n) is 10.5. The van der Waals surface area contributed by atoms with Gasteiger partial charge >= 0.3 is 0 Å². The van der Waals surface area contributed by atoms with E-state index in [1.54, 1.807) is 30.3 Å². The highest BCUT2D eigenvalue weighted by atomic mass is 127. The Hall–Kier alpha value is -1.47. The van der Waals surface area contributed by atoms with Gasteiger partial charge in [0.05, 0.1) is 16.4 Å². The predicted molar refractivity (Wildman–Crippen MR) is 86.8 cm³/mol. The Morgan fingerprint density at radius 2 is 2.05 bits per heavy atom. The predicted octanol–water partition coefficient (Wildman–Crippen LogP) is 3.91. The molecule has 0 heterocycles. The van der Waals surface area contributed by atoms with Gasteiger partial charge < -0.3 is 15.2 Å². The van der Waals surface area contributed by atoms with Crippen LogP contribution >= 0.6 is 34.2 Å². The summed E-state index contributed by atoms with van der Waals surface area (Å²) in [6, 6.07) is 9.66. The number of methoxy groups -OCH3 is 1. The molecule has 0 spiro atoms. The van der Waals surface area contributed by atoms with Crippen molar-refractivity contribution in [1.29, 1.82) is 0 Å². The number of hydrogen-bond donors (Lipinski definition) is 2. The fourth-order valence-electron chi connectivity index (χ4n) is 1.63. The number of amides is 1. The van der Waals surface area contributed by atoms with Crippen molar-refractivity contribution in [2.24, 2.45) is 0 Å². The summed E-state index contributed by atoms with van der Waals surface area (Å²) in [6.45, 7) is 0. The second-order valence-corrected chi connectivity index (χ2v) is 5.56. The van der Waals surface area contributed by atoms with Crippen LogP contribution in [0.25, 0.3) is 0 Å². The smallest absolute Gasteiger partial charge is 0.255 e. The molecule has 20 heavy (non-hydrogen) atoms. The van der Waals surface area contributed by atoms with Crippen molar-refractivity contribution in [2.75, 3.05) is 12.4 Å². The molecule has 0 aliphatic carbocycles. The van der Waals surface area contributed by atoms with Crippen molar-refractivity contribution >= 4 is 45.8 Å². The van der Waals surface area contributed by atoms with Gasteiger partial charge in [-0.25, -0.2) is 0 Å². The van der Waals surface area contributed by atoms with Gasteiger partial charge in [-0.15, -0.1) is 0 Å². The number of ether oxygens (including phenoxy) is 1. The molecule has 2 aromatic carbocycles. The molecular weight excluding hydrogens is 393 g/mol. The Balaban J connectivity index is 2.27. The molecule has 0 atom stereocenters. The zero-order valence-corrected chi connectivity index (χ0v) is 13.4. The van der Waals surface area contributed by atoms with E-state index >= 15 is 0 Å². The van der Waals surface area contributed by atoms with E-state index < -0.39 is 0 Å². The van der Waals surface area contributed by atoms with E-state index in [2.05, 4.69) is 5.32 Å². The summed E-state index contributed by atoms with van der Waals surface area (Å²) in [5.41, 5.74) is 0.827. The number of phenolic OH excluding ortho intramolecular Hbond substituents is 1. The van der Waals surface area contributed by atoms with Crippen LogP contribution in [0.3, 0.4) is 0 Å². The average molecular weight is 404 g/mol. The highest BCUT2D eigenvalue weighted by Gasteiger charge is 2.11. The summed E-state index contributed by atoms with van der Waals surface area (Å²) >= 11 is 7.89. The summed E-state index contributed by atoms with van der Waals surface area (Å²) in [7, 11) is 1.51. The first-order chi connectivity index (χ1) is 9.51. The number of nitrogens with one attached hydrogen (secondary N) is 1. The Bertz CT molecular complexity index is 661. The van der Waals surface area contributed by atoms with Crippen molar-refractivity contribution in [3.8, 4) is 11.5 Å². The van der Waals surface area contributed by atoms with Crippen LogP contribution in [0.4, 0.5) is 5.69 Å². The fraction of sp³-hybridized carbons (Fsp3) is 0.0714. The van der Waals surface area contributed by atoms with Gasteiger partial charge in [0.1, 0.15) is 11.5 Å². The number of phenols is 1. The molecule has 0 bridgehead atoms. The van der Waals surface area contributed by atoms with Gasteiger partial charge in [0.15, 0.2) is 0 Å². The molecule has 6 heteroatoms. The van der Waals surface area contributed by atoms with Gasteiger partial charge in [-0.2, -0.15) is 0 Å². The highest BCUT2D eigenvalue weighted by molar-refractivity contribution is 14.1. The molecule has 0 saturated carbocycles. The summed E-state index contributed by atoms with van der Waals surface area (Å²) in [6.07, 6.45) is 0. The number of carbonyl (C=O) groups is 1. The van der Waals surface area contributed by atoms with E-state index in [4.69, 9.17) is 16.3 Å². The van der Waals surface area contributed by atoms with Gasteiger partial charge in [-0.05, 0) is 59.0 Å². The van der Waals surface area contributed by atoms with Crippen LogP contribution in [0, 0.1) is 3.57 Å². The van der Waals surface area contributed by atoms with Crippen molar-refractivity contribution in [3.63, 3.8) is 0 Å². The van der Waals surface area contributed by atoms with Crippen LogP contribution in [0.2, 0.25) is 5.02 Å². The van der Waals surface area contributed by atoms with Crippen molar-refractivity contribution in [2.45, 2.75) is 0 Å². The first kappa shape index (κ1) is 14.9. The SMILES string of the molecule is COc1ccc(Cl)cc1NC(=O)c1ccc(I)c(O)c1. The lowest BCUT2D eigenvalue weighted by atomic mass is 10.2. The number of benzene rings is 2. The monoisotopic (exact) mass is 403 g/mol. The molecule has 0 radical (unpaired) electrons. The third-order valence-electron chi connectivity index (χ3n) is 2.62. The Morgan fingerprint density at radius 3 is 2.70 bits per heavy atom. The summed E-state index contributed by atoms with van der Waals surface area (Å²) in [4.78, 5) is 12.1. The molecule has 0 unspecified atom stereocenters. The maximum Gasteiger partial charge on any atom is 0.255 e. The summed E-state index contributed by atoms with van der Waals surface area (Å²) in [5, 5.41) is 12.8. The standard InChI is InChI=1S/C14H11ClINO3/c1-20-13-5-3-9(15)7-11(13)17-14(19)8-2-4-10(16)12(18)6-8/h2-7,18H,1H3,(H,17,19). The summed E-state index contributed by atoms with van der Waals surface area (Å²) < 4.78 is 5.84. The second kappa shape index (κ2) is 6.32. The van der Waals surface area contributed by atoms with Gasteiger partial charge in [-0.1, -0.05) is 11.6 Å². The van der Waals surface area contributed by atoms with E-state index in [9.17, 15) is 9.90 Å². The molecule has 0 aliphatic rings. The summed E-state index contributed by atoms with van der Waals surface area (Å²) in [5.74, 6) is 0.228. The van der Waals surface area contributed by atoms with Crippen LogP contribution in [0.15, 0.2) is 36.4 Å². The average Bonchev–Trinajstić information content (AvgIpc) is 2.42. The number of rotatable bonds is 3. The van der Waals surface area contributed by atoms with E-state index in [-0.39, 0.29) is 11.7 Å². The van der Waals surface area contributed by atoms with Gasteiger partial charge in [0, 0.05) is 10.6 Å². The van der Waals surface area contributed by atoms with Crippen molar-refractivity contribution in [1.82, 2.24) is 0 Å². The first-order valence-corrected chi connectivity index (χ1v) is 7.10. The van der Waals surface area contributed by atoms with Gasteiger partial charge in [0.2, 0.25) is 0 Å². The first-order valence-electron chi connectivity index (χ1n) is 5.64. The number of anilines is 1. The lowest BCUT2D eigenvalue weighted by molar-refractivity contribution is 0.102. The van der Waals surface area contributed by atoms with Crippen LogP contribution in [0.5, 0.6) is 11.5 Å². The van der Waals surface area contributed by atoms with E-state index in [1.807, 2.05) is 22.6 Å². The van der Waals surface area contributed by atoms with Crippen LogP contribution in [0.1, 0.15) is 10.4 Å². The maximum absolute atomic E-state index is 12.1. The van der Waals surface area contributed by atoms with E-state index in [1.165, 1.54) is 13.2 Å². The number of aromatic hydroxyl groups is 1. The second-order valence-electron chi connectivity index (χ2n) is 3.96. The van der Waals surface area contributed by atoms with E-state index in [0.29, 0.717) is 25.6 Å². The molecule has 0 fully saturated rings. The molecule has 0 aromatic heterocycles. The normalized spacial score (nSPS) is 10.2. The Kier molecular flexibility index (Phi) is 4.72. The fourth-order valence-corrected chi connectivity index (χ4v) is 2.13. The lowest BCUT2D eigenvalue weighted by Crippen LogP contribution is -2.12. The molecule has 4 nitrogen and oxygen atoms in total.